The van der Waals surface area contributed by atoms with E-state index in [1.54, 1.807) is 12.1 Å². The molecule has 0 aromatic heterocycles. The van der Waals surface area contributed by atoms with Crippen LogP contribution in [0.25, 0.3) is 6.08 Å². The zero-order valence-electron chi connectivity index (χ0n) is 21.0. The van der Waals surface area contributed by atoms with E-state index in [-0.39, 0.29) is 39.1 Å². The first-order valence-corrected chi connectivity index (χ1v) is 11.1. The molecule has 0 unspecified atom stereocenters. The standard InChI is InChI=1S/C27H43NO3/c1-24(2,3)17-25(4,5)14-15-26(6,7)18-27(8,9)19-28-23(31)13-11-20-10-12-21(29)22(30)16-20/h10-16,29-30H,17-19H2,1-9H3,(H,28,31). The fourth-order valence-electron chi connectivity index (χ4n) is 4.43. The lowest BCUT2D eigenvalue weighted by Gasteiger charge is -2.35. The SMILES string of the molecule is CC(C)(C)CC(C)(C)C=CC(C)(C)CC(C)(C)CNC(=O)C=Cc1ccc(O)c(O)c1. The maximum Gasteiger partial charge on any atom is 0.244 e. The molecule has 174 valence electrons. The highest BCUT2D eigenvalue weighted by Crippen LogP contribution is 2.38. The minimum atomic E-state index is -0.204. The van der Waals surface area contributed by atoms with Gasteiger partial charge < -0.3 is 15.5 Å². The summed E-state index contributed by atoms with van der Waals surface area (Å²) in [5, 5.41) is 21.9. The van der Waals surface area contributed by atoms with Gasteiger partial charge in [0.1, 0.15) is 0 Å². The predicted octanol–water partition coefficient (Wildman–Crippen LogP) is 6.69. The number of hydrogen-bond donors (Lipinski definition) is 3. The van der Waals surface area contributed by atoms with Crippen LogP contribution in [0, 0.1) is 21.7 Å². The molecule has 0 radical (unpaired) electrons. The number of carbonyl (C=O) groups is 1. The summed E-state index contributed by atoms with van der Waals surface area (Å²) in [4.78, 5) is 12.2. The number of phenolic OH excluding ortho intramolecular Hbond substituents is 2. The second-order valence-corrected chi connectivity index (χ2v) is 12.2. The smallest absolute Gasteiger partial charge is 0.244 e. The second-order valence-electron chi connectivity index (χ2n) is 12.2. The van der Waals surface area contributed by atoms with Crippen molar-refractivity contribution >= 4 is 12.0 Å². The summed E-state index contributed by atoms with van der Waals surface area (Å²) in [6.07, 6.45) is 9.81. The third-order valence-electron chi connectivity index (χ3n) is 5.07. The lowest BCUT2D eigenvalue weighted by atomic mass is 9.72. The number of amides is 1. The van der Waals surface area contributed by atoms with E-state index in [0.29, 0.717) is 12.1 Å². The molecule has 0 saturated carbocycles. The third kappa shape index (κ3) is 11.1. The first kappa shape index (κ1) is 26.8. The van der Waals surface area contributed by atoms with E-state index in [1.165, 1.54) is 18.2 Å². The minimum absolute atomic E-state index is 0.0167. The van der Waals surface area contributed by atoms with E-state index in [4.69, 9.17) is 0 Å². The monoisotopic (exact) mass is 429 g/mol. The molecule has 0 aliphatic carbocycles. The van der Waals surface area contributed by atoms with Gasteiger partial charge in [0, 0.05) is 12.6 Å². The van der Waals surface area contributed by atoms with E-state index in [0.717, 1.165) is 12.8 Å². The summed E-state index contributed by atoms with van der Waals surface area (Å²) >= 11 is 0. The molecule has 0 heterocycles. The number of allylic oxidation sites excluding steroid dienone is 2. The Hall–Kier alpha value is -2.23. The van der Waals surface area contributed by atoms with Crippen LogP contribution in [0.15, 0.2) is 36.4 Å². The van der Waals surface area contributed by atoms with E-state index in [2.05, 4.69) is 79.8 Å². The summed E-state index contributed by atoms with van der Waals surface area (Å²) in [7, 11) is 0. The van der Waals surface area contributed by atoms with Crippen molar-refractivity contribution in [3.8, 4) is 11.5 Å². The van der Waals surface area contributed by atoms with Crippen LogP contribution in [-0.4, -0.2) is 22.7 Å². The van der Waals surface area contributed by atoms with E-state index < -0.39 is 0 Å². The maximum atomic E-state index is 12.2. The third-order valence-corrected chi connectivity index (χ3v) is 5.07. The Labute approximate surface area is 189 Å². The molecule has 4 heteroatoms. The van der Waals surface area contributed by atoms with Crippen molar-refractivity contribution in [3.63, 3.8) is 0 Å². The number of aromatic hydroxyl groups is 2. The van der Waals surface area contributed by atoms with Crippen LogP contribution in [0.4, 0.5) is 0 Å². The second kappa shape index (κ2) is 9.93. The molecule has 1 rings (SSSR count). The summed E-state index contributed by atoms with van der Waals surface area (Å²) in [6.45, 7) is 20.8. The molecule has 1 aromatic carbocycles. The summed E-state index contributed by atoms with van der Waals surface area (Å²) in [5.41, 5.74) is 1.02. The first-order valence-electron chi connectivity index (χ1n) is 11.1. The van der Waals surface area contributed by atoms with Gasteiger partial charge in [0.15, 0.2) is 11.5 Å². The molecule has 31 heavy (non-hydrogen) atoms. The molecule has 0 atom stereocenters. The summed E-state index contributed by atoms with van der Waals surface area (Å²) in [5.74, 6) is -0.563. The number of benzene rings is 1. The highest BCUT2D eigenvalue weighted by atomic mass is 16.3. The van der Waals surface area contributed by atoms with Crippen molar-refractivity contribution in [3.05, 3.63) is 42.0 Å². The Balaban J connectivity index is 2.66. The van der Waals surface area contributed by atoms with Crippen LogP contribution in [0.2, 0.25) is 0 Å². The molecule has 0 spiro atoms. The van der Waals surface area contributed by atoms with Crippen molar-refractivity contribution in [2.45, 2.75) is 75.2 Å². The van der Waals surface area contributed by atoms with Gasteiger partial charge in [-0.3, -0.25) is 4.79 Å². The van der Waals surface area contributed by atoms with Crippen LogP contribution in [0.5, 0.6) is 11.5 Å². The largest absolute Gasteiger partial charge is 0.504 e. The Bertz CT molecular complexity index is 808. The van der Waals surface area contributed by atoms with E-state index >= 15 is 0 Å². The zero-order chi connectivity index (χ0) is 24.1. The van der Waals surface area contributed by atoms with Crippen LogP contribution < -0.4 is 5.32 Å². The van der Waals surface area contributed by atoms with Crippen LogP contribution in [0.3, 0.4) is 0 Å². The quantitative estimate of drug-likeness (QED) is 0.233. The maximum absolute atomic E-state index is 12.2. The molecule has 1 amide bonds. The lowest BCUT2D eigenvalue weighted by molar-refractivity contribution is -0.116. The molecule has 4 nitrogen and oxygen atoms in total. The highest BCUT2D eigenvalue weighted by molar-refractivity contribution is 5.91. The molecule has 0 fully saturated rings. The Morgan fingerprint density at radius 2 is 1.42 bits per heavy atom. The van der Waals surface area contributed by atoms with Gasteiger partial charge in [0.2, 0.25) is 5.91 Å². The fourth-order valence-corrected chi connectivity index (χ4v) is 4.43. The topological polar surface area (TPSA) is 69.6 Å². The molecular weight excluding hydrogens is 386 g/mol. The Morgan fingerprint density at radius 3 is 1.94 bits per heavy atom. The number of rotatable bonds is 9. The van der Waals surface area contributed by atoms with Crippen molar-refractivity contribution in [2.24, 2.45) is 21.7 Å². The van der Waals surface area contributed by atoms with Crippen LogP contribution in [0.1, 0.15) is 80.7 Å². The van der Waals surface area contributed by atoms with Gasteiger partial charge in [-0.2, -0.15) is 0 Å². The molecule has 0 aliphatic rings. The fraction of sp³-hybridized carbons (Fsp3) is 0.593. The number of phenols is 2. The van der Waals surface area contributed by atoms with Crippen LogP contribution >= 0.6 is 0 Å². The molecule has 3 N–H and O–H groups in total. The van der Waals surface area contributed by atoms with Gasteiger partial charge >= 0.3 is 0 Å². The van der Waals surface area contributed by atoms with Gasteiger partial charge in [0.25, 0.3) is 0 Å². The van der Waals surface area contributed by atoms with Gasteiger partial charge in [-0.15, -0.1) is 0 Å². The average molecular weight is 430 g/mol. The van der Waals surface area contributed by atoms with E-state index in [9.17, 15) is 15.0 Å². The van der Waals surface area contributed by atoms with Gasteiger partial charge in [-0.1, -0.05) is 80.5 Å². The zero-order valence-corrected chi connectivity index (χ0v) is 21.0. The van der Waals surface area contributed by atoms with Gasteiger partial charge in [-0.05, 0) is 58.3 Å². The molecule has 0 bridgehead atoms. The Kier molecular flexibility index (Phi) is 8.59. The van der Waals surface area contributed by atoms with Crippen LogP contribution in [-0.2, 0) is 4.79 Å². The number of nitrogens with one attached hydrogen (secondary N) is 1. The highest BCUT2D eigenvalue weighted by Gasteiger charge is 2.29. The normalized spacial score (nSPS) is 13.8. The molecular formula is C27H43NO3. The van der Waals surface area contributed by atoms with Crippen molar-refractivity contribution in [1.29, 1.82) is 0 Å². The molecule has 0 saturated heterocycles. The summed E-state index contributed by atoms with van der Waals surface area (Å²) in [6, 6.07) is 4.45. The predicted molar refractivity (Wildman–Crippen MR) is 131 cm³/mol. The van der Waals surface area contributed by atoms with Crippen molar-refractivity contribution in [2.75, 3.05) is 6.54 Å². The van der Waals surface area contributed by atoms with Gasteiger partial charge in [-0.25, -0.2) is 0 Å². The van der Waals surface area contributed by atoms with Gasteiger partial charge in [0.05, 0.1) is 0 Å². The van der Waals surface area contributed by atoms with Crippen molar-refractivity contribution < 1.29 is 15.0 Å². The van der Waals surface area contributed by atoms with E-state index in [1.807, 2.05) is 0 Å². The number of hydrogen-bond acceptors (Lipinski definition) is 3. The molecule has 0 aliphatic heterocycles. The lowest BCUT2D eigenvalue weighted by Crippen LogP contribution is -2.35. The first-order chi connectivity index (χ1) is 13.9. The Morgan fingerprint density at radius 1 is 0.871 bits per heavy atom. The minimum Gasteiger partial charge on any atom is -0.504 e. The summed E-state index contributed by atoms with van der Waals surface area (Å²) < 4.78 is 0. The molecule has 1 aromatic rings. The number of carbonyl (C=O) groups excluding carboxylic acids is 1. The average Bonchev–Trinajstić information content (AvgIpc) is 2.57. The van der Waals surface area contributed by atoms with Crippen molar-refractivity contribution in [1.82, 2.24) is 5.32 Å².